The van der Waals surface area contributed by atoms with Crippen LogP contribution in [0.15, 0.2) is 18.2 Å². The Kier molecular flexibility index (Phi) is 6.45. The molecule has 0 nitrogen and oxygen atoms in total. The lowest BCUT2D eigenvalue weighted by atomic mass is 9.77. The lowest BCUT2D eigenvalue weighted by Crippen LogP contribution is -2.25. The predicted octanol–water partition coefficient (Wildman–Crippen LogP) is 5.85. The molecule has 1 rings (SSSR count). The highest BCUT2D eigenvalue weighted by molar-refractivity contribution is 6.31. The Balaban J connectivity index is 2.92. The van der Waals surface area contributed by atoms with Gasteiger partial charge in [0.2, 0.25) is 0 Å². The molecule has 1 unspecified atom stereocenters. The zero-order chi connectivity index (χ0) is 13.6. The fraction of sp³-hybridized carbons (Fsp3) is 0.600. The summed E-state index contributed by atoms with van der Waals surface area (Å²) in [6.07, 6.45) is 5.10. The molecule has 0 aliphatic heterocycles. The van der Waals surface area contributed by atoms with Gasteiger partial charge in [-0.05, 0) is 36.3 Å². The van der Waals surface area contributed by atoms with Gasteiger partial charge >= 0.3 is 0 Å². The van der Waals surface area contributed by atoms with E-state index in [0.717, 1.165) is 37.7 Å². The van der Waals surface area contributed by atoms with Crippen molar-refractivity contribution in [3.63, 3.8) is 0 Å². The van der Waals surface area contributed by atoms with Crippen molar-refractivity contribution >= 4 is 23.2 Å². The zero-order valence-corrected chi connectivity index (χ0v) is 12.6. The first-order valence-electron chi connectivity index (χ1n) is 6.57. The van der Waals surface area contributed by atoms with Gasteiger partial charge in [0.05, 0.1) is 5.02 Å². The van der Waals surface area contributed by atoms with E-state index >= 15 is 0 Å². The maximum absolute atomic E-state index is 13.4. The minimum Gasteiger partial charge on any atom is -0.205 e. The van der Waals surface area contributed by atoms with Crippen molar-refractivity contribution in [1.82, 2.24) is 0 Å². The summed E-state index contributed by atoms with van der Waals surface area (Å²) < 4.78 is 13.4. The van der Waals surface area contributed by atoms with Gasteiger partial charge in [-0.15, -0.1) is 11.6 Å². The fourth-order valence-electron chi connectivity index (χ4n) is 2.24. The molecule has 3 heteroatoms. The molecule has 0 aliphatic rings. The Labute approximate surface area is 119 Å². The highest BCUT2D eigenvalue weighted by Gasteiger charge is 2.28. The third kappa shape index (κ3) is 3.86. The Bertz CT molecular complexity index is 373. The van der Waals surface area contributed by atoms with Gasteiger partial charge in [0.15, 0.2) is 0 Å². The van der Waals surface area contributed by atoms with Gasteiger partial charge < -0.3 is 0 Å². The third-order valence-corrected chi connectivity index (χ3v) is 4.68. The minimum absolute atomic E-state index is 0.0367. The van der Waals surface area contributed by atoms with Gasteiger partial charge in [-0.2, -0.15) is 0 Å². The zero-order valence-electron chi connectivity index (χ0n) is 11.1. The molecule has 0 saturated heterocycles. The van der Waals surface area contributed by atoms with Crippen LogP contribution in [-0.4, -0.2) is 5.88 Å². The largest absolute Gasteiger partial charge is 0.205 e. The van der Waals surface area contributed by atoms with Gasteiger partial charge in [-0.3, -0.25) is 0 Å². The van der Waals surface area contributed by atoms with Crippen molar-refractivity contribution in [2.75, 3.05) is 5.88 Å². The monoisotopic (exact) mass is 290 g/mol. The van der Waals surface area contributed by atoms with E-state index in [2.05, 4.69) is 13.8 Å². The molecular weight excluding hydrogens is 270 g/mol. The second-order valence-corrected chi connectivity index (χ2v) is 5.63. The van der Waals surface area contributed by atoms with Crippen LogP contribution in [0.25, 0.3) is 0 Å². The summed E-state index contributed by atoms with van der Waals surface area (Å²) in [5.74, 6) is 0.250. The van der Waals surface area contributed by atoms with Crippen molar-refractivity contribution in [2.45, 2.75) is 46.0 Å². The van der Waals surface area contributed by atoms with E-state index in [-0.39, 0.29) is 16.3 Å². The molecule has 0 saturated carbocycles. The smallest absolute Gasteiger partial charge is 0.142 e. The van der Waals surface area contributed by atoms with Gasteiger partial charge in [0.25, 0.3) is 0 Å². The number of unbranched alkanes of at least 4 members (excludes halogenated alkanes) is 1. The Morgan fingerprint density at radius 3 is 2.56 bits per heavy atom. The average Bonchev–Trinajstić information content (AvgIpc) is 2.40. The first-order chi connectivity index (χ1) is 8.58. The quantitative estimate of drug-likeness (QED) is 0.553. The molecule has 102 valence electrons. The molecule has 1 aromatic rings. The standard InChI is InChI=1S/C15H21Cl2F/c1-3-5-9-15(4-2,11-16)10-12-7-6-8-13(18)14(12)17/h6-8H,3-5,9-11H2,1-2H3. The summed E-state index contributed by atoms with van der Waals surface area (Å²) in [6.45, 7) is 4.31. The molecule has 0 aliphatic carbocycles. The maximum Gasteiger partial charge on any atom is 0.142 e. The Hall–Kier alpha value is -0.270. The van der Waals surface area contributed by atoms with E-state index in [1.54, 1.807) is 6.07 Å². The maximum atomic E-state index is 13.4. The highest BCUT2D eigenvalue weighted by atomic mass is 35.5. The lowest BCUT2D eigenvalue weighted by Gasteiger charge is -2.31. The minimum atomic E-state index is -0.343. The van der Waals surface area contributed by atoms with E-state index < -0.39 is 0 Å². The van der Waals surface area contributed by atoms with Crippen molar-refractivity contribution in [3.05, 3.63) is 34.6 Å². The van der Waals surface area contributed by atoms with Crippen LogP contribution in [0, 0.1) is 11.2 Å². The first-order valence-corrected chi connectivity index (χ1v) is 7.48. The van der Waals surface area contributed by atoms with Crippen LogP contribution in [0.4, 0.5) is 4.39 Å². The Morgan fingerprint density at radius 2 is 2.00 bits per heavy atom. The molecule has 0 spiro atoms. The van der Waals surface area contributed by atoms with Crippen molar-refractivity contribution in [1.29, 1.82) is 0 Å². The molecule has 1 atom stereocenters. The van der Waals surface area contributed by atoms with Gasteiger partial charge in [0.1, 0.15) is 5.82 Å². The summed E-state index contributed by atoms with van der Waals surface area (Å²) in [5, 5.41) is 0.247. The number of halogens is 3. The highest BCUT2D eigenvalue weighted by Crippen LogP contribution is 2.36. The van der Waals surface area contributed by atoms with Crippen LogP contribution in [0.3, 0.4) is 0 Å². The van der Waals surface area contributed by atoms with Crippen molar-refractivity contribution < 1.29 is 4.39 Å². The summed E-state index contributed by atoms with van der Waals surface area (Å²) in [5.41, 5.74) is 0.907. The SMILES string of the molecule is CCCCC(CC)(CCl)Cc1cccc(F)c1Cl. The summed E-state index contributed by atoms with van der Waals surface area (Å²) >= 11 is 12.2. The normalized spacial score (nSPS) is 14.5. The average molecular weight is 291 g/mol. The predicted molar refractivity (Wildman–Crippen MR) is 78.1 cm³/mol. The van der Waals surface area contributed by atoms with Crippen molar-refractivity contribution in [2.24, 2.45) is 5.41 Å². The molecule has 1 aromatic carbocycles. The second kappa shape index (κ2) is 7.35. The van der Waals surface area contributed by atoms with E-state index in [1.165, 1.54) is 6.07 Å². The van der Waals surface area contributed by atoms with Crippen LogP contribution >= 0.6 is 23.2 Å². The van der Waals surface area contributed by atoms with Crippen LogP contribution in [0.2, 0.25) is 5.02 Å². The molecule has 18 heavy (non-hydrogen) atoms. The lowest BCUT2D eigenvalue weighted by molar-refractivity contribution is 0.279. The summed E-state index contributed by atoms with van der Waals surface area (Å²) in [6, 6.07) is 5.01. The number of alkyl halides is 1. The molecule has 0 radical (unpaired) electrons. The summed E-state index contributed by atoms with van der Waals surface area (Å²) in [7, 11) is 0. The van der Waals surface area contributed by atoms with E-state index in [4.69, 9.17) is 23.2 Å². The van der Waals surface area contributed by atoms with E-state index in [0.29, 0.717) is 5.88 Å². The van der Waals surface area contributed by atoms with Gasteiger partial charge in [0, 0.05) is 5.88 Å². The fourth-order valence-corrected chi connectivity index (χ4v) is 2.85. The molecule has 0 heterocycles. The van der Waals surface area contributed by atoms with Crippen LogP contribution in [-0.2, 0) is 6.42 Å². The summed E-state index contributed by atoms with van der Waals surface area (Å²) in [4.78, 5) is 0. The molecular formula is C15H21Cl2F. The molecule has 0 fully saturated rings. The number of hydrogen-bond acceptors (Lipinski definition) is 0. The van der Waals surface area contributed by atoms with Gasteiger partial charge in [-0.25, -0.2) is 4.39 Å². The molecule has 0 bridgehead atoms. The molecule has 0 N–H and O–H groups in total. The number of benzene rings is 1. The Morgan fingerprint density at radius 1 is 1.28 bits per heavy atom. The first kappa shape index (κ1) is 15.8. The topological polar surface area (TPSA) is 0 Å². The number of rotatable bonds is 7. The third-order valence-electron chi connectivity index (χ3n) is 3.69. The molecule has 0 amide bonds. The van der Waals surface area contributed by atoms with Gasteiger partial charge in [-0.1, -0.05) is 50.4 Å². The van der Waals surface area contributed by atoms with Crippen LogP contribution in [0.5, 0.6) is 0 Å². The van der Waals surface area contributed by atoms with Crippen molar-refractivity contribution in [3.8, 4) is 0 Å². The van der Waals surface area contributed by atoms with Crippen LogP contribution < -0.4 is 0 Å². The number of hydrogen-bond donors (Lipinski definition) is 0. The second-order valence-electron chi connectivity index (χ2n) is 4.98. The van der Waals surface area contributed by atoms with Crippen LogP contribution in [0.1, 0.15) is 45.1 Å². The van der Waals surface area contributed by atoms with E-state index in [9.17, 15) is 4.39 Å². The van der Waals surface area contributed by atoms with E-state index in [1.807, 2.05) is 6.07 Å². The molecule has 0 aromatic heterocycles.